The first-order valence-electron chi connectivity index (χ1n) is 4.41. The van der Waals surface area contributed by atoms with Gasteiger partial charge in [0.2, 0.25) is 0 Å². The van der Waals surface area contributed by atoms with Crippen molar-refractivity contribution in [2.24, 2.45) is 0 Å². The SMILES string of the molecule is Fc1[c-]c(F)c(F)cc1F.[C-]#[O+].[C-]#[O+].[Fe+6].c1cc[cH-]c1. The Morgan fingerprint density at radius 1 is 0.850 bits per heavy atom. The average molecular weight is 326 g/mol. The van der Waals surface area contributed by atoms with Crippen LogP contribution >= 0.6 is 0 Å². The van der Waals surface area contributed by atoms with E-state index in [1.165, 1.54) is 6.07 Å². The van der Waals surface area contributed by atoms with Gasteiger partial charge in [-0.05, 0) is 0 Å². The Morgan fingerprint density at radius 3 is 1.40 bits per heavy atom. The molecular formula is C13H6F4FeO2+4. The van der Waals surface area contributed by atoms with Gasteiger partial charge in [-0.15, -0.1) is 6.07 Å². The van der Waals surface area contributed by atoms with Gasteiger partial charge in [-0.25, -0.2) is 20.9 Å². The van der Waals surface area contributed by atoms with Crippen LogP contribution in [0.5, 0.6) is 0 Å². The number of hydrogen-bond donors (Lipinski definition) is 0. The molecule has 0 bridgehead atoms. The molecule has 0 heterocycles. The molecule has 102 valence electrons. The van der Waals surface area contributed by atoms with Crippen molar-refractivity contribution in [1.82, 2.24) is 0 Å². The molecule has 0 atom stereocenters. The Labute approximate surface area is 123 Å². The minimum Gasteiger partial charge on any atom is -0.214 e. The first-order valence-corrected chi connectivity index (χ1v) is 4.41. The fourth-order valence-electron chi connectivity index (χ4n) is 0.774. The maximum atomic E-state index is 11.9. The summed E-state index contributed by atoms with van der Waals surface area (Å²) in [6.07, 6.45) is 0. The maximum Gasteiger partial charge on any atom is 6.00 e. The Morgan fingerprint density at radius 2 is 1.20 bits per heavy atom. The van der Waals surface area contributed by atoms with Crippen molar-refractivity contribution >= 4 is 0 Å². The van der Waals surface area contributed by atoms with Crippen LogP contribution in [0.3, 0.4) is 0 Å². The van der Waals surface area contributed by atoms with E-state index in [0.717, 1.165) is 0 Å². The summed E-state index contributed by atoms with van der Waals surface area (Å²) in [5.41, 5.74) is 0. The molecule has 7 heteroatoms. The zero-order chi connectivity index (χ0) is 15.3. The van der Waals surface area contributed by atoms with E-state index in [9.17, 15) is 17.6 Å². The maximum absolute atomic E-state index is 11.9. The minimum absolute atomic E-state index is 0. The molecule has 0 N–H and O–H groups in total. The molecule has 0 aromatic heterocycles. The molecule has 0 aliphatic carbocycles. The molecule has 0 radical (unpaired) electrons. The van der Waals surface area contributed by atoms with E-state index in [2.05, 4.69) is 13.3 Å². The molecule has 0 saturated carbocycles. The summed E-state index contributed by atoms with van der Waals surface area (Å²) in [6.45, 7) is 9.00. The largest absolute Gasteiger partial charge is 6.00 e. The topological polar surface area (TPSA) is 39.8 Å². The van der Waals surface area contributed by atoms with Crippen molar-refractivity contribution in [3.63, 3.8) is 0 Å². The van der Waals surface area contributed by atoms with Crippen LogP contribution in [-0.2, 0) is 26.4 Å². The number of rotatable bonds is 0. The third-order valence-corrected chi connectivity index (χ3v) is 1.45. The van der Waals surface area contributed by atoms with Crippen LogP contribution in [0.15, 0.2) is 36.4 Å². The first kappa shape index (κ1) is 23.4. The van der Waals surface area contributed by atoms with E-state index in [1.807, 2.05) is 30.3 Å². The molecule has 2 nitrogen and oxygen atoms in total. The van der Waals surface area contributed by atoms with Crippen LogP contribution in [-0.4, -0.2) is 0 Å². The second kappa shape index (κ2) is 15.3. The van der Waals surface area contributed by atoms with Gasteiger partial charge in [-0.2, -0.15) is 18.2 Å². The van der Waals surface area contributed by atoms with E-state index >= 15 is 0 Å². The number of benzene rings is 1. The first-order chi connectivity index (χ1) is 9.11. The third-order valence-electron chi connectivity index (χ3n) is 1.45. The van der Waals surface area contributed by atoms with Crippen molar-refractivity contribution < 1.29 is 43.9 Å². The Balaban J connectivity index is -0.000000246. The third kappa shape index (κ3) is 10.2. The summed E-state index contributed by atoms with van der Waals surface area (Å²) >= 11 is 0. The molecule has 20 heavy (non-hydrogen) atoms. The minimum atomic E-state index is -1.51. The van der Waals surface area contributed by atoms with Gasteiger partial charge in [-0.1, -0.05) is 6.07 Å². The predicted molar refractivity (Wildman–Crippen MR) is 55.0 cm³/mol. The molecule has 2 rings (SSSR count). The van der Waals surface area contributed by atoms with E-state index in [0.29, 0.717) is 0 Å². The molecule has 0 unspecified atom stereocenters. The van der Waals surface area contributed by atoms with Gasteiger partial charge in [0, 0.05) is 23.3 Å². The fraction of sp³-hybridized carbons (Fsp3) is 0. The summed E-state index contributed by atoms with van der Waals surface area (Å²) in [7, 11) is 0. The predicted octanol–water partition coefficient (Wildman–Crippen LogP) is 3.37. The molecule has 0 fully saturated rings. The van der Waals surface area contributed by atoms with Gasteiger partial charge in [0.15, 0.2) is 0 Å². The van der Waals surface area contributed by atoms with Crippen molar-refractivity contribution in [2.75, 3.05) is 0 Å². The van der Waals surface area contributed by atoms with Crippen LogP contribution in [0.25, 0.3) is 0 Å². The van der Waals surface area contributed by atoms with Gasteiger partial charge < -0.3 is 0 Å². The molecule has 0 spiro atoms. The zero-order valence-corrected chi connectivity index (χ0v) is 10.8. The van der Waals surface area contributed by atoms with Crippen molar-refractivity contribution in [2.45, 2.75) is 0 Å². The molecule has 0 aliphatic rings. The molecule has 0 saturated heterocycles. The molecule has 0 aliphatic heterocycles. The van der Waals surface area contributed by atoms with Gasteiger partial charge >= 0.3 is 39.7 Å². The van der Waals surface area contributed by atoms with Crippen molar-refractivity contribution in [1.29, 1.82) is 0 Å². The Hall–Kier alpha value is -1.71. The number of halogens is 4. The van der Waals surface area contributed by atoms with Gasteiger partial charge in [0.25, 0.3) is 0 Å². The standard InChI is InChI=1S/C6HF4.C5H5.2CO.Fe/c7-3-1-4(8)6(10)2-5(3)9;1-2-4-5-3-1;2*1-2;/h1H;1-5H;;;/q2*-1;;;+6. The molecule has 2 aromatic carbocycles. The van der Waals surface area contributed by atoms with Gasteiger partial charge in [-0.3, -0.25) is 8.78 Å². The Kier molecular flexibility index (Phi) is 17.9. The quantitative estimate of drug-likeness (QED) is 0.234. The van der Waals surface area contributed by atoms with E-state index in [-0.39, 0.29) is 23.1 Å². The summed E-state index contributed by atoms with van der Waals surface area (Å²) in [5.74, 6) is -5.92. The van der Waals surface area contributed by atoms with Crippen molar-refractivity contribution in [3.8, 4) is 0 Å². The monoisotopic (exact) mass is 326 g/mol. The van der Waals surface area contributed by atoms with Crippen molar-refractivity contribution in [3.05, 3.63) is 79.0 Å². The summed E-state index contributed by atoms with van der Waals surface area (Å²) < 4.78 is 62.7. The van der Waals surface area contributed by atoms with Crippen LogP contribution in [0, 0.1) is 42.6 Å². The van der Waals surface area contributed by atoms with Crippen LogP contribution in [0.1, 0.15) is 0 Å². The zero-order valence-electron chi connectivity index (χ0n) is 9.65. The molecular weight excluding hydrogens is 320 g/mol. The van der Waals surface area contributed by atoms with Crippen LogP contribution in [0.2, 0.25) is 0 Å². The smallest absolute Gasteiger partial charge is 0.214 e. The van der Waals surface area contributed by atoms with E-state index in [1.54, 1.807) is 0 Å². The average Bonchev–Trinajstić information content (AvgIpc) is 3.00. The fourth-order valence-corrected chi connectivity index (χ4v) is 0.774. The second-order valence-electron chi connectivity index (χ2n) is 2.56. The normalized spacial score (nSPS) is 7.20. The molecule has 0 amide bonds. The Bertz CT molecular complexity index is 422. The van der Waals surface area contributed by atoms with Crippen LogP contribution < -0.4 is 0 Å². The second-order valence-corrected chi connectivity index (χ2v) is 2.56. The van der Waals surface area contributed by atoms with Gasteiger partial charge in [0.05, 0.1) is 0 Å². The van der Waals surface area contributed by atoms with E-state index < -0.39 is 23.3 Å². The summed E-state index contributed by atoms with van der Waals surface area (Å²) in [6, 6.07) is 11.3. The van der Waals surface area contributed by atoms with E-state index in [4.69, 9.17) is 9.30 Å². The van der Waals surface area contributed by atoms with Crippen LogP contribution in [0.4, 0.5) is 17.6 Å². The molecule has 2 aromatic rings. The van der Waals surface area contributed by atoms with Gasteiger partial charge in [0.1, 0.15) is 0 Å². The summed E-state index contributed by atoms with van der Waals surface area (Å²) in [5, 5.41) is 0. The summed E-state index contributed by atoms with van der Waals surface area (Å²) in [4.78, 5) is 0. The number of hydrogen-bond acceptors (Lipinski definition) is 0.